The molecule has 0 bridgehead atoms. The molecule has 106 valence electrons. The average molecular weight is 301 g/mol. The van der Waals surface area contributed by atoms with Gasteiger partial charge in [0.05, 0.1) is 12.2 Å². The Kier molecular flexibility index (Phi) is 3.74. The lowest BCUT2D eigenvalue weighted by molar-refractivity contribution is 0.104. The summed E-state index contributed by atoms with van der Waals surface area (Å²) in [5, 5.41) is 5.58. The monoisotopic (exact) mass is 301 g/mol. The Morgan fingerprint density at radius 1 is 1.43 bits per heavy atom. The smallest absolute Gasteiger partial charge is 0.414 e. The summed E-state index contributed by atoms with van der Waals surface area (Å²) in [5.41, 5.74) is 1.81. The number of cyclic esters (lactones) is 1. The van der Waals surface area contributed by atoms with E-state index in [4.69, 9.17) is 4.74 Å². The number of hydrogen-bond acceptors (Lipinski definition) is 6. The lowest BCUT2D eigenvalue weighted by Gasteiger charge is -2.12. The van der Waals surface area contributed by atoms with Crippen LogP contribution in [0.25, 0.3) is 6.08 Å². The van der Waals surface area contributed by atoms with Crippen molar-refractivity contribution in [2.45, 2.75) is 0 Å². The maximum atomic E-state index is 12.1. The van der Waals surface area contributed by atoms with Gasteiger partial charge in [-0.2, -0.15) is 0 Å². The van der Waals surface area contributed by atoms with Gasteiger partial charge in [-0.3, -0.25) is 9.69 Å². The molecule has 1 aromatic heterocycles. The molecule has 0 saturated carbocycles. The van der Waals surface area contributed by atoms with Crippen molar-refractivity contribution in [3.8, 4) is 0 Å². The molecule has 0 atom stereocenters. The first-order valence-electron chi connectivity index (χ1n) is 6.28. The highest BCUT2D eigenvalue weighted by molar-refractivity contribution is 7.03. The fourth-order valence-corrected chi connectivity index (χ4v) is 2.38. The Labute approximate surface area is 124 Å². The highest BCUT2D eigenvalue weighted by atomic mass is 32.1. The number of ether oxygens (including phenoxy) is 1. The summed E-state index contributed by atoms with van der Waals surface area (Å²) in [7, 11) is 0. The van der Waals surface area contributed by atoms with Gasteiger partial charge in [-0.05, 0) is 35.8 Å². The minimum absolute atomic E-state index is 0.155. The Morgan fingerprint density at radius 3 is 3.05 bits per heavy atom. The number of carbonyl (C=O) groups excluding carboxylic acids is 2. The van der Waals surface area contributed by atoms with Crippen LogP contribution >= 0.6 is 11.5 Å². The van der Waals surface area contributed by atoms with E-state index < -0.39 is 0 Å². The first-order valence-corrected chi connectivity index (χ1v) is 7.11. The molecular weight excluding hydrogens is 290 g/mol. The number of nitrogens with zero attached hydrogens (tertiary/aromatic N) is 3. The molecule has 2 heterocycles. The molecule has 1 saturated heterocycles. The third-order valence-corrected chi connectivity index (χ3v) is 3.51. The van der Waals surface area contributed by atoms with E-state index in [0.717, 1.165) is 0 Å². The van der Waals surface area contributed by atoms with Gasteiger partial charge < -0.3 is 4.74 Å². The van der Waals surface area contributed by atoms with Crippen molar-refractivity contribution >= 4 is 35.2 Å². The first kappa shape index (κ1) is 13.4. The van der Waals surface area contributed by atoms with Crippen molar-refractivity contribution in [1.82, 2.24) is 9.59 Å². The minimum Gasteiger partial charge on any atom is -0.447 e. The molecule has 6 nitrogen and oxygen atoms in total. The van der Waals surface area contributed by atoms with Crippen molar-refractivity contribution in [3.63, 3.8) is 0 Å². The predicted molar refractivity (Wildman–Crippen MR) is 78.4 cm³/mol. The van der Waals surface area contributed by atoms with Gasteiger partial charge >= 0.3 is 6.09 Å². The maximum absolute atomic E-state index is 12.1. The van der Waals surface area contributed by atoms with Crippen molar-refractivity contribution in [1.29, 1.82) is 0 Å². The van der Waals surface area contributed by atoms with Crippen molar-refractivity contribution in [3.05, 3.63) is 47.0 Å². The van der Waals surface area contributed by atoms with Gasteiger partial charge in [-0.1, -0.05) is 16.6 Å². The highest BCUT2D eigenvalue weighted by Gasteiger charge is 2.23. The summed E-state index contributed by atoms with van der Waals surface area (Å²) in [5.74, 6) is -0.155. The molecule has 3 rings (SSSR count). The summed E-state index contributed by atoms with van der Waals surface area (Å²) in [6, 6.07) is 6.90. The second kappa shape index (κ2) is 5.84. The van der Waals surface area contributed by atoms with Crippen LogP contribution in [0.2, 0.25) is 0 Å². The van der Waals surface area contributed by atoms with Gasteiger partial charge in [0, 0.05) is 16.6 Å². The van der Waals surface area contributed by atoms with Crippen LogP contribution in [0.3, 0.4) is 0 Å². The van der Waals surface area contributed by atoms with Crippen LogP contribution in [0.15, 0.2) is 35.7 Å². The molecule has 1 aliphatic heterocycles. The second-order valence-electron chi connectivity index (χ2n) is 4.34. The third kappa shape index (κ3) is 2.97. The van der Waals surface area contributed by atoms with Gasteiger partial charge in [-0.15, -0.1) is 5.10 Å². The normalized spacial score (nSPS) is 14.7. The average Bonchev–Trinajstić information content (AvgIpc) is 3.16. The zero-order chi connectivity index (χ0) is 14.7. The van der Waals surface area contributed by atoms with Crippen LogP contribution in [-0.2, 0) is 4.74 Å². The van der Waals surface area contributed by atoms with E-state index in [1.165, 1.54) is 22.5 Å². The Balaban J connectivity index is 1.79. The molecule has 1 aromatic carbocycles. The number of hydrogen-bond donors (Lipinski definition) is 0. The van der Waals surface area contributed by atoms with E-state index >= 15 is 0 Å². The third-order valence-electron chi connectivity index (χ3n) is 2.99. The maximum Gasteiger partial charge on any atom is 0.414 e. The van der Waals surface area contributed by atoms with Crippen LogP contribution in [0.5, 0.6) is 0 Å². The summed E-state index contributed by atoms with van der Waals surface area (Å²) in [4.78, 5) is 25.2. The standard InChI is InChI=1S/C14H11N3O3S/c18-13(5-4-11-9-21-16-15-11)10-2-1-3-12(8-10)17-6-7-20-14(17)19/h1-5,8-9H,6-7H2/b5-4-. The van der Waals surface area contributed by atoms with E-state index in [1.807, 2.05) is 0 Å². The number of amides is 1. The molecule has 0 N–H and O–H groups in total. The Bertz CT molecular complexity index is 697. The summed E-state index contributed by atoms with van der Waals surface area (Å²) in [6.07, 6.45) is 2.67. The SMILES string of the molecule is O=C(/C=C\c1csnn1)c1cccc(N2CCOC2=O)c1. The molecule has 21 heavy (non-hydrogen) atoms. The van der Waals surface area contributed by atoms with Gasteiger partial charge in [0.15, 0.2) is 5.78 Å². The molecule has 0 radical (unpaired) electrons. The number of carbonyl (C=O) groups is 2. The lowest BCUT2D eigenvalue weighted by atomic mass is 10.1. The number of anilines is 1. The Morgan fingerprint density at radius 2 is 2.33 bits per heavy atom. The number of allylic oxidation sites excluding steroid dienone is 1. The second-order valence-corrected chi connectivity index (χ2v) is 4.95. The predicted octanol–water partition coefficient (Wildman–Crippen LogP) is 2.39. The fourth-order valence-electron chi connectivity index (χ4n) is 1.96. The van der Waals surface area contributed by atoms with Crippen LogP contribution in [-0.4, -0.2) is 34.6 Å². The molecule has 7 heteroatoms. The molecule has 0 spiro atoms. The highest BCUT2D eigenvalue weighted by Crippen LogP contribution is 2.20. The number of rotatable bonds is 4. The minimum atomic E-state index is -0.385. The van der Waals surface area contributed by atoms with Gasteiger partial charge in [0.25, 0.3) is 0 Å². The van der Waals surface area contributed by atoms with Crippen LogP contribution < -0.4 is 4.90 Å². The summed E-state index contributed by atoms with van der Waals surface area (Å²) in [6.45, 7) is 0.866. The molecular formula is C14H11N3O3S. The fraction of sp³-hybridized carbons (Fsp3) is 0.143. The van der Waals surface area contributed by atoms with E-state index in [9.17, 15) is 9.59 Å². The van der Waals surface area contributed by atoms with Crippen LogP contribution in [0.4, 0.5) is 10.5 Å². The molecule has 2 aromatic rings. The van der Waals surface area contributed by atoms with E-state index in [2.05, 4.69) is 9.59 Å². The van der Waals surface area contributed by atoms with E-state index in [0.29, 0.717) is 30.1 Å². The van der Waals surface area contributed by atoms with Crippen LogP contribution in [0, 0.1) is 0 Å². The Hall–Kier alpha value is -2.54. The number of ketones is 1. The zero-order valence-electron chi connectivity index (χ0n) is 10.9. The molecule has 1 amide bonds. The molecule has 0 aliphatic carbocycles. The topological polar surface area (TPSA) is 72.4 Å². The van der Waals surface area contributed by atoms with Crippen molar-refractivity contribution in [2.24, 2.45) is 0 Å². The largest absolute Gasteiger partial charge is 0.447 e. The number of benzene rings is 1. The summed E-state index contributed by atoms with van der Waals surface area (Å²) >= 11 is 1.22. The molecule has 1 fully saturated rings. The van der Waals surface area contributed by atoms with Crippen molar-refractivity contribution in [2.75, 3.05) is 18.1 Å². The molecule has 0 unspecified atom stereocenters. The van der Waals surface area contributed by atoms with E-state index in [1.54, 1.807) is 35.7 Å². The quantitative estimate of drug-likeness (QED) is 0.640. The van der Waals surface area contributed by atoms with Gasteiger partial charge in [0.1, 0.15) is 6.61 Å². The van der Waals surface area contributed by atoms with Gasteiger partial charge in [-0.25, -0.2) is 4.79 Å². The first-order chi connectivity index (χ1) is 10.2. The van der Waals surface area contributed by atoms with Crippen molar-refractivity contribution < 1.29 is 14.3 Å². The van der Waals surface area contributed by atoms with Crippen LogP contribution in [0.1, 0.15) is 16.1 Å². The lowest BCUT2D eigenvalue weighted by Crippen LogP contribution is -2.23. The van der Waals surface area contributed by atoms with Gasteiger partial charge in [0.2, 0.25) is 0 Å². The molecule has 1 aliphatic rings. The number of aromatic nitrogens is 2. The summed E-state index contributed by atoms with van der Waals surface area (Å²) < 4.78 is 8.61. The van der Waals surface area contributed by atoms with E-state index in [-0.39, 0.29) is 11.9 Å². The zero-order valence-corrected chi connectivity index (χ0v) is 11.7.